The summed E-state index contributed by atoms with van der Waals surface area (Å²) in [6.07, 6.45) is 1.39. The zero-order valence-corrected chi connectivity index (χ0v) is 11.3. The van der Waals surface area contributed by atoms with Crippen LogP contribution in [0.1, 0.15) is 13.8 Å². The molecule has 0 N–H and O–H groups in total. The Morgan fingerprint density at radius 2 is 2.05 bits per heavy atom. The Labute approximate surface area is 116 Å². The maximum absolute atomic E-state index is 11.2. The summed E-state index contributed by atoms with van der Waals surface area (Å²) in [5, 5.41) is 11.2. The van der Waals surface area contributed by atoms with Crippen molar-refractivity contribution < 1.29 is 14.5 Å². The first-order chi connectivity index (χ1) is 9.51. The number of morpholine rings is 1. The molecule has 2 atom stereocenters. The Morgan fingerprint density at radius 1 is 1.40 bits per heavy atom. The van der Waals surface area contributed by atoms with Crippen molar-refractivity contribution in [1.82, 2.24) is 0 Å². The number of rotatable bonds is 3. The van der Waals surface area contributed by atoms with E-state index in [-0.39, 0.29) is 23.6 Å². The number of aliphatic imine (C=N–C) groups is 1. The van der Waals surface area contributed by atoms with Crippen LogP contribution in [0.25, 0.3) is 0 Å². The predicted molar refractivity (Wildman–Crippen MR) is 73.1 cm³/mol. The Balaban J connectivity index is 2.39. The molecular formula is C13H15N3O4. The van der Waals surface area contributed by atoms with Crippen LogP contribution in [0.5, 0.6) is 0 Å². The van der Waals surface area contributed by atoms with E-state index in [4.69, 9.17) is 4.74 Å². The van der Waals surface area contributed by atoms with Crippen LogP contribution in [-0.2, 0) is 9.53 Å². The third-order valence-electron chi connectivity index (χ3n) is 3.09. The number of ether oxygens (including phenoxy) is 1. The Hall–Kier alpha value is -2.24. The van der Waals surface area contributed by atoms with Crippen molar-refractivity contribution in [3.8, 4) is 0 Å². The van der Waals surface area contributed by atoms with E-state index in [2.05, 4.69) is 4.99 Å². The maximum atomic E-state index is 11.2. The van der Waals surface area contributed by atoms with Gasteiger partial charge in [0.1, 0.15) is 5.69 Å². The third-order valence-corrected chi connectivity index (χ3v) is 3.09. The largest absolute Gasteiger partial charge is 0.372 e. The topological polar surface area (TPSA) is 85.0 Å². The van der Waals surface area contributed by atoms with Crippen molar-refractivity contribution in [3.63, 3.8) is 0 Å². The summed E-state index contributed by atoms with van der Waals surface area (Å²) in [5.41, 5.74) is 0.675. The van der Waals surface area contributed by atoms with E-state index in [1.165, 1.54) is 12.1 Å². The van der Waals surface area contributed by atoms with Crippen molar-refractivity contribution in [1.29, 1.82) is 0 Å². The predicted octanol–water partition coefficient (Wildman–Crippen LogP) is 2.18. The van der Waals surface area contributed by atoms with Gasteiger partial charge in [0.05, 0.1) is 22.8 Å². The first-order valence-electron chi connectivity index (χ1n) is 6.28. The molecule has 0 amide bonds. The summed E-state index contributed by atoms with van der Waals surface area (Å²) in [4.78, 5) is 26.3. The number of hydrogen-bond donors (Lipinski definition) is 0. The van der Waals surface area contributed by atoms with Gasteiger partial charge in [-0.05, 0) is 26.0 Å². The number of benzene rings is 1. The second kappa shape index (κ2) is 5.81. The number of nitro benzene ring substituents is 1. The van der Waals surface area contributed by atoms with Gasteiger partial charge in [-0.15, -0.1) is 0 Å². The summed E-state index contributed by atoms with van der Waals surface area (Å²) in [6, 6.07) is 4.46. The van der Waals surface area contributed by atoms with Crippen molar-refractivity contribution in [2.75, 3.05) is 18.0 Å². The highest BCUT2D eigenvalue weighted by molar-refractivity contribution is 5.69. The second-order valence-electron chi connectivity index (χ2n) is 4.80. The maximum Gasteiger partial charge on any atom is 0.294 e. The molecule has 0 saturated carbocycles. The lowest BCUT2D eigenvalue weighted by atomic mass is 10.1. The molecule has 1 aliphatic rings. The minimum absolute atomic E-state index is 0.00558. The van der Waals surface area contributed by atoms with Gasteiger partial charge in [-0.25, -0.2) is 4.79 Å². The van der Waals surface area contributed by atoms with Gasteiger partial charge in [-0.3, -0.25) is 10.1 Å². The van der Waals surface area contributed by atoms with Crippen molar-refractivity contribution in [2.45, 2.75) is 26.1 Å². The number of hydrogen-bond acceptors (Lipinski definition) is 6. The quantitative estimate of drug-likeness (QED) is 0.366. The fourth-order valence-corrected chi connectivity index (χ4v) is 2.42. The molecule has 7 heteroatoms. The fraction of sp³-hybridized carbons (Fsp3) is 0.462. The van der Waals surface area contributed by atoms with Crippen LogP contribution in [0.15, 0.2) is 23.2 Å². The van der Waals surface area contributed by atoms with Gasteiger partial charge in [0.15, 0.2) is 0 Å². The zero-order chi connectivity index (χ0) is 14.7. The van der Waals surface area contributed by atoms with Crippen LogP contribution < -0.4 is 4.90 Å². The minimum Gasteiger partial charge on any atom is -0.372 e. The number of nitrogens with zero attached hydrogens (tertiary/aromatic N) is 3. The van der Waals surface area contributed by atoms with E-state index >= 15 is 0 Å². The molecule has 1 aromatic rings. The molecule has 106 valence electrons. The van der Waals surface area contributed by atoms with Gasteiger partial charge < -0.3 is 9.64 Å². The van der Waals surface area contributed by atoms with Gasteiger partial charge >= 0.3 is 0 Å². The van der Waals surface area contributed by atoms with Crippen LogP contribution in [0.2, 0.25) is 0 Å². The van der Waals surface area contributed by atoms with Crippen LogP contribution in [0, 0.1) is 10.1 Å². The minimum atomic E-state index is -0.468. The number of isocyanates is 1. The van der Waals surface area contributed by atoms with E-state index in [0.717, 1.165) is 0 Å². The molecule has 0 spiro atoms. The molecule has 20 heavy (non-hydrogen) atoms. The normalized spacial score (nSPS) is 22.2. The molecule has 1 aromatic carbocycles. The first-order valence-corrected chi connectivity index (χ1v) is 6.28. The standard InChI is InChI=1S/C13H15N3O4/c1-9-6-15(7-10(2)20-9)12-4-3-11(14-8-17)5-13(12)16(18)19/h3-5,9-10H,6-7H2,1-2H3. The summed E-state index contributed by atoms with van der Waals surface area (Å²) < 4.78 is 5.62. The van der Waals surface area contributed by atoms with Gasteiger partial charge in [0.2, 0.25) is 6.08 Å². The average Bonchev–Trinajstić information content (AvgIpc) is 2.37. The van der Waals surface area contributed by atoms with Crippen LogP contribution >= 0.6 is 0 Å². The zero-order valence-electron chi connectivity index (χ0n) is 11.3. The van der Waals surface area contributed by atoms with Crippen molar-refractivity contribution >= 4 is 23.1 Å². The van der Waals surface area contributed by atoms with Crippen molar-refractivity contribution in [3.05, 3.63) is 28.3 Å². The molecule has 0 aliphatic carbocycles. The van der Waals surface area contributed by atoms with E-state index in [1.807, 2.05) is 18.7 Å². The first kappa shape index (κ1) is 14.2. The average molecular weight is 277 g/mol. The summed E-state index contributed by atoms with van der Waals surface area (Å²) in [5.74, 6) is 0. The van der Waals surface area contributed by atoms with E-state index in [9.17, 15) is 14.9 Å². The third kappa shape index (κ3) is 3.01. The highest BCUT2D eigenvalue weighted by Gasteiger charge is 2.27. The SMILES string of the molecule is CC1CN(c2ccc(N=C=O)cc2[N+](=O)[O-])CC(C)O1. The summed E-state index contributed by atoms with van der Waals surface area (Å²) >= 11 is 0. The lowest BCUT2D eigenvalue weighted by Crippen LogP contribution is -2.45. The monoisotopic (exact) mass is 277 g/mol. The second-order valence-corrected chi connectivity index (χ2v) is 4.80. The Morgan fingerprint density at radius 3 is 2.60 bits per heavy atom. The molecule has 2 unspecified atom stereocenters. The highest BCUT2D eigenvalue weighted by Crippen LogP contribution is 2.33. The summed E-state index contributed by atoms with van der Waals surface area (Å²) in [6.45, 7) is 5.03. The Bertz CT molecular complexity index is 559. The molecule has 0 aromatic heterocycles. The molecule has 1 saturated heterocycles. The molecule has 1 fully saturated rings. The highest BCUT2D eigenvalue weighted by atomic mass is 16.6. The van der Waals surface area contributed by atoms with Crippen molar-refractivity contribution in [2.24, 2.45) is 4.99 Å². The number of carbonyl (C=O) groups excluding carboxylic acids is 1. The van der Waals surface area contributed by atoms with Gasteiger partial charge in [0, 0.05) is 19.2 Å². The molecule has 1 aliphatic heterocycles. The van der Waals surface area contributed by atoms with Crippen LogP contribution in [0.4, 0.5) is 17.1 Å². The van der Waals surface area contributed by atoms with E-state index in [0.29, 0.717) is 18.8 Å². The van der Waals surface area contributed by atoms with Gasteiger partial charge in [0.25, 0.3) is 5.69 Å². The molecule has 1 heterocycles. The summed E-state index contributed by atoms with van der Waals surface area (Å²) in [7, 11) is 0. The molecule has 0 radical (unpaired) electrons. The molecular weight excluding hydrogens is 262 g/mol. The van der Waals surface area contributed by atoms with E-state index < -0.39 is 4.92 Å². The lowest BCUT2D eigenvalue weighted by Gasteiger charge is -2.36. The van der Waals surface area contributed by atoms with Gasteiger partial charge in [-0.2, -0.15) is 4.99 Å². The van der Waals surface area contributed by atoms with Crippen LogP contribution in [0.3, 0.4) is 0 Å². The van der Waals surface area contributed by atoms with Gasteiger partial charge in [-0.1, -0.05) is 0 Å². The molecule has 2 rings (SSSR count). The lowest BCUT2D eigenvalue weighted by molar-refractivity contribution is -0.384. The van der Waals surface area contributed by atoms with Crippen LogP contribution in [-0.4, -0.2) is 36.3 Å². The fourth-order valence-electron chi connectivity index (χ4n) is 2.42. The molecule has 7 nitrogen and oxygen atoms in total. The number of anilines is 1. The number of nitro groups is 1. The Kier molecular flexibility index (Phi) is 4.12. The van der Waals surface area contributed by atoms with E-state index in [1.54, 1.807) is 12.1 Å². The molecule has 0 bridgehead atoms. The smallest absolute Gasteiger partial charge is 0.294 e.